The highest BCUT2D eigenvalue weighted by Gasteiger charge is 2.43. The van der Waals surface area contributed by atoms with Crippen LogP contribution in [0, 0.1) is 5.41 Å². The van der Waals surface area contributed by atoms with Crippen LogP contribution in [0.5, 0.6) is 0 Å². The topological polar surface area (TPSA) is 55.4 Å². The summed E-state index contributed by atoms with van der Waals surface area (Å²) in [4.78, 5) is 26.5. The molecule has 2 aliphatic carbocycles. The molecule has 0 saturated heterocycles. The number of ketones is 1. The number of carbonyl (C=O) groups is 2. The summed E-state index contributed by atoms with van der Waals surface area (Å²) < 4.78 is 6.81. The molecule has 1 unspecified atom stereocenters. The molecule has 0 radical (unpaired) electrons. The zero-order chi connectivity index (χ0) is 20.8. The van der Waals surface area contributed by atoms with Crippen LogP contribution in [0.2, 0.25) is 0 Å². The van der Waals surface area contributed by atoms with Crippen molar-refractivity contribution in [3.63, 3.8) is 0 Å². The van der Waals surface area contributed by atoms with Crippen LogP contribution in [0.1, 0.15) is 70.8 Å². The van der Waals surface area contributed by atoms with Gasteiger partial charge >= 0.3 is 5.97 Å². The fourth-order valence-corrected chi connectivity index (χ4v) is 5.36. The van der Waals surface area contributed by atoms with E-state index in [0.29, 0.717) is 12.0 Å². The molecule has 1 heterocycles. The Morgan fingerprint density at radius 1 is 1.21 bits per heavy atom. The number of carbonyl (C=O) groups excluding carboxylic acids is 2. The number of halogens is 1. The van der Waals surface area contributed by atoms with Gasteiger partial charge in [0, 0.05) is 33.8 Å². The van der Waals surface area contributed by atoms with Gasteiger partial charge in [0.15, 0.2) is 5.78 Å². The van der Waals surface area contributed by atoms with Gasteiger partial charge in [-0.3, -0.25) is 4.79 Å². The summed E-state index contributed by atoms with van der Waals surface area (Å²) in [5.41, 5.74) is 3.90. The molecule has 1 aromatic carbocycles. The standard InChI is InChI=1S/C24H28BrNO3/c1-14-20(23(28)29-17-9-4-5-10-17)21(15-7-6-8-16(25)11-15)22-18(26-14)12-24(2,3)13-19(22)27/h6-8,11,17,21,26H,4-5,9-10,12-13H2,1-3H3. The average molecular weight is 458 g/mol. The molecule has 1 N–H and O–H groups in total. The molecular formula is C24H28BrNO3. The van der Waals surface area contributed by atoms with Crippen molar-refractivity contribution in [2.45, 2.75) is 71.3 Å². The molecule has 1 aliphatic heterocycles. The highest BCUT2D eigenvalue weighted by Crippen LogP contribution is 2.47. The lowest BCUT2D eigenvalue weighted by atomic mass is 9.68. The zero-order valence-corrected chi connectivity index (χ0v) is 18.9. The number of rotatable bonds is 3. The Kier molecular flexibility index (Phi) is 5.45. The van der Waals surface area contributed by atoms with Gasteiger partial charge in [0.2, 0.25) is 0 Å². The first-order chi connectivity index (χ1) is 13.7. The predicted octanol–water partition coefficient (Wildman–Crippen LogP) is 5.54. The SMILES string of the molecule is CC1=C(C(=O)OC2CCCC2)C(c2cccc(Br)c2)C2=C(CC(C)(C)CC2=O)N1. The number of benzene rings is 1. The fourth-order valence-electron chi connectivity index (χ4n) is 4.95. The second kappa shape index (κ2) is 7.75. The molecule has 29 heavy (non-hydrogen) atoms. The van der Waals surface area contributed by atoms with Crippen molar-refractivity contribution in [2.75, 3.05) is 0 Å². The van der Waals surface area contributed by atoms with Crippen molar-refractivity contribution in [2.24, 2.45) is 5.41 Å². The van der Waals surface area contributed by atoms with Crippen molar-refractivity contribution >= 4 is 27.7 Å². The van der Waals surface area contributed by atoms with Crippen molar-refractivity contribution in [3.05, 3.63) is 56.8 Å². The number of hydrogen-bond acceptors (Lipinski definition) is 4. The Bertz CT molecular complexity index is 922. The predicted molar refractivity (Wildman–Crippen MR) is 116 cm³/mol. The number of hydrogen-bond donors (Lipinski definition) is 1. The van der Waals surface area contributed by atoms with Gasteiger partial charge in [-0.05, 0) is 62.1 Å². The third-order valence-electron chi connectivity index (χ3n) is 6.22. The van der Waals surface area contributed by atoms with Crippen LogP contribution in [0.25, 0.3) is 0 Å². The molecule has 0 bridgehead atoms. The van der Waals surface area contributed by atoms with Crippen LogP contribution in [0.3, 0.4) is 0 Å². The number of ether oxygens (including phenoxy) is 1. The van der Waals surface area contributed by atoms with Crippen LogP contribution in [0.4, 0.5) is 0 Å². The summed E-state index contributed by atoms with van der Waals surface area (Å²) in [5, 5.41) is 3.40. The maximum Gasteiger partial charge on any atom is 0.337 e. The van der Waals surface area contributed by atoms with Crippen molar-refractivity contribution in [1.29, 1.82) is 0 Å². The largest absolute Gasteiger partial charge is 0.459 e. The first-order valence-corrected chi connectivity index (χ1v) is 11.2. The Labute approximate surface area is 180 Å². The number of nitrogens with one attached hydrogen (secondary N) is 1. The summed E-state index contributed by atoms with van der Waals surface area (Å²) >= 11 is 3.54. The minimum absolute atomic E-state index is 0.0117. The van der Waals surface area contributed by atoms with Crippen LogP contribution < -0.4 is 5.32 Å². The lowest BCUT2D eigenvalue weighted by Gasteiger charge is -2.39. The normalized spacial score (nSPS) is 24.4. The Hall–Kier alpha value is -1.88. The van der Waals surface area contributed by atoms with E-state index >= 15 is 0 Å². The minimum atomic E-state index is -0.388. The van der Waals surface area contributed by atoms with Gasteiger partial charge in [-0.2, -0.15) is 0 Å². The van der Waals surface area contributed by atoms with Gasteiger partial charge in [0.05, 0.1) is 5.57 Å². The van der Waals surface area contributed by atoms with E-state index in [9.17, 15) is 9.59 Å². The molecule has 4 rings (SSSR count). The molecule has 1 fully saturated rings. The van der Waals surface area contributed by atoms with Gasteiger partial charge in [0.1, 0.15) is 6.10 Å². The Morgan fingerprint density at radius 3 is 2.62 bits per heavy atom. The number of dihydropyridines is 1. The van der Waals surface area contributed by atoms with Gasteiger partial charge in [0.25, 0.3) is 0 Å². The van der Waals surface area contributed by atoms with E-state index in [1.807, 2.05) is 31.2 Å². The minimum Gasteiger partial charge on any atom is -0.459 e. The monoisotopic (exact) mass is 457 g/mol. The van der Waals surface area contributed by atoms with E-state index in [1.165, 1.54) is 0 Å². The molecular weight excluding hydrogens is 430 g/mol. The molecule has 5 heteroatoms. The fraction of sp³-hybridized carbons (Fsp3) is 0.500. The maximum atomic E-state index is 13.3. The van der Waals surface area contributed by atoms with Gasteiger partial charge in [-0.25, -0.2) is 4.79 Å². The second-order valence-electron chi connectivity index (χ2n) is 9.30. The Morgan fingerprint density at radius 2 is 1.93 bits per heavy atom. The van der Waals surface area contributed by atoms with Crippen molar-refractivity contribution in [3.8, 4) is 0 Å². The summed E-state index contributed by atoms with van der Waals surface area (Å²) in [5.74, 6) is -0.565. The smallest absolute Gasteiger partial charge is 0.337 e. The van der Waals surface area contributed by atoms with Crippen LogP contribution in [0.15, 0.2) is 51.3 Å². The van der Waals surface area contributed by atoms with E-state index in [1.54, 1.807) is 0 Å². The summed E-state index contributed by atoms with van der Waals surface area (Å²) in [6.07, 6.45) is 5.32. The van der Waals surface area contributed by atoms with E-state index in [-0.39, 0.29) is 29.2 Å². The van der Waals surface area contributed by atoms with Gasteiger partial charge < -0.3 is 10.1 Å². The average Bonchev–Trinajstić information content (AvgIpc) is 3.12. The second-order valence-corrected chi connectivity index (χ2v) is 10.2. The first kappa shape index (κ1) is 20.4. The zero-order valence-electron chi connectivity index (χ0n) is 17.3. The molecule has 3 aliphatic rings. The van der Waals surface area contributed by atoms with E-state index in [2.05, 4.69) is 35.1 Å². The lowest BCUT2D eigenvalue weighted by molar-refractivity contribution is -0.144. The van der Waals surface area contributed by atoms with E-state index in [0.717, 1.165) is 59.1 Å². The quantitative estimate of drug-likeness (QED) is 0.605. The molecule has 0 amide bonds. The van der Waals surface area contributed by atoms with Crippen LogP contribution in [-0.2, 0) is 14.3 Å². The summed E-state index contributed by atoms with van der Waals surface area (Å²) in [6, 6.07) is 7.91. The van der Waals surface area contributed by atoms with Gasteiger partial charge in [-0.15, -0.1) is 0 Å². The van der Waals surface area contributed by atoms with Crippen molar-refractivity contribution < 1.29 is 14.3 Å². The van der Waals surface area contributed by atoms with E-state index < -0.39 is 0 Å². The summed E-state index contributed by atoms with van der Waals surface area (Å²) in [6.45, 7) is 6.16. The number of Topliss-reactive ketones (excluding diaryl/α,β-unsaturated/α-hetero) is 1. The molecule has 1 saturated carbocycles. The maximum absolute atomic E-state index is 13.3. The lowest BCUT2D eigenvalue weighted by Crippen LogP contribution is -2.39. The van der Waals surface area contributed by atoms with Crippen LogP contribution in [-0.4, -0.2) is 17.9 Å². The third-order valence-corrected chi connectivity index (χ3v) is 6.71. The van der Waals surface area contributed by atoms with Gasteiger partial charge in [-0.1, -0.05) is 41.9 Å². The molecule has 154 valence electrons. The number of esters is 1. The van der Waals surface area contributed by atoms with E-state index in [4.69, 9.17) is 4.74 Å². The number of allylic oxidation sites excluding steroid dienone is 3. The van der Waals surface area contributed by atoms with Crippen molar-refractivity contribution in [1.82, 2.24) is 5.32 Å². The molecule has 1 atom stereocenters. The molecule has 0 spiro atoms. The highest BCUT2D eigenvalue weighted by atomic mass is 79.9. The third kappa shape index (κ3) is 4.07. The first-order valence-electron chi connectivity index (χ1n) is 10.5. The molecule has 4 nitrogen and oxygen atoms in total. The molecule has 0 aromatic heterocycles. The highest BCUT2D eigenvalue weighted by molar-refractivity contribution is 9.10. The summed E-state index contributed by atoms with van der Waals surface area (Å²) in [7, 11) is 0. The molecule has 1 aromatic rings. The Balaban J connectivity index is 1.79. The van der Waals surface area contributed by atoms with Crippen LogP contribution >= 0.6 is 15.9 Å².